The summed E-state index contributed by atoms with van der Waals surface area (Å²) < 4.78 is 12.8. The first-order chi connectivity index (χ1) is 8.58. The molecular formula is C12H13FN2O3. The molecule has 0 bridgehead atoms. The highest BCUT2D eigenvalue weighted by Gasteiger charge is 2.30. The predicted octanol–water partition coefficient (Wildman–Crippen LogP) is 2.06. The molecule has 1 fully saturated rings. The summed E-state index contributed by atoms with van der Waals surface area (Å²) in [6, 6.07) is 5.35. The number of hydrogen-bond donors (Lipinski definition) is 2. The standard InChI is InChI=1S/C12H13FN2O3/c13-9-6-4-8(5-7-9)10-2-1-3-11(16)15(10)14-12(17)18/h4-7,10,14H,1-3H2,(H,17,18). The van der Waals surface area contributed by atoms with Crippen LogP contribution >= 0.6 is 0 Å². The van der Waals surface area contributed by atoms with Crippen LogP contribution in [0.2, 0.25) is 0 Å². The molecule has 0 saturated carbocycles. The van der Waals surface area contributed by atoms with Crippen molar-refractivity contribution >= 4 is 12.0 Å². The summed E-state index contributed by atoms with van der Waals surface area (Å²) in [6.45, 7) is 0. The minimum absolute atomic E-state index is 0.266. The lowest BCUT2D eigenvalue weighted by Crippen LogP contribution is -2.49. The fourth-order valence-corrected chi connectivity index (χ4v) is 2.11. The Morgan fingerprint density at radius 1 is 1.39 bits per heavy atom. The summed E-state index contributed by atoms with van der Waals surface area (Å²) in [5.41, 5.74) is 2.82. The second kappa shape index (κ2) is 5.03. The number of amides is 2. The molecule has 1 atom stereocenters. The first kappa shape index (κ1) is 12.3. The Labute approximate surface area is 103 Å². The highest BCUT2D eigenvalue weighted by Crippen LogP contribution is 2.30. The van der Waals surface area contributed by atoms with E-state index in [9.17, 15) is 14.0 Å². The van der Waals surface area contributed by atoms with Crippen molar-refractivity contribution in [2.45, 2.75) is 25.3 Å². The zero-order valence-corrected chi connectivity index (χ0v) is 9.60. The van der Waals surface area contributed by atoms with Gasteiger partial charge in [0.2, 0.25) is 5.91 Å². The summed E-state index contributed by atoms with van der Waals surface area (Å²) in [5.74, 6) is -0.628. The number of nitrogens with one attached hydrogen (secondary N) is 1. The average Bonchev–Trinajstić information content (AvgIpc) is 2.32. The van der Waals surface area contributed by atoms with E-state index < -0.39 is 6.09 Å². The van der Waals surface area contributed by atoms with E-state index in [1.54, 1.807) is 12.1 Å². The number of nitrogens with zero attached hydrogens (tertiary/aromatic N) is 1. The van der Waals surface area contributed by atoms with Crippen LogP contribution in [0.5, 0.6) is 0 Å². The lowest BCUT2D eigenvalue weighted by molar-refractivity contribution is -0.140. The summed E-state index contributed by atoms with van der Waals surface area (Å²) >= 11 is 0. The lowest BCUT2D eigenvalue weighted by Gasteiger charge is -2.34. The Bertz CT molecular complexity index is 461. The lowest BCUT2D eigenvalue weighted by atomic mass is 9.96. The van der Waals surface area contributed by atoms with Crippen LogP contribution in [0.1, 0.15) is 30.9 Å². The van der Waals surface area contributed by atoms with E-state index in [2.05, 4.69) is 5.43 Å². The third-order valence-corrected chi connectivity index (χ3v) is 2.92. The molecule has 18 heavy (non-hydrogen) atoms. The van der Waals surface area contributed by atoms with Crippen molar-refractivity contribution in [3.8, 4) is 0 Å². The second-order valence-corrected chi connectivity index (χ2v) is 4.14. The van der Waals surface area contributed by atoms with Gasteiger partial charge < -0.3 is 5.11 Å². The van der Waals surface area contributed by atoms with Gasteiger partial charge in [-0.3, -0.25) is 4.79 Å². The summed E-state index contributed by atoms with van der Waals surface area (Å²) in [4.78, 5) is 22.4. The van der Waals surface area contributed by atoms with Gasteiger partial charge in [0, 0.05) is 6.42 Å². The number of hydrogen-bond acceptors (Lipinski definition) is 2. The summed E-state index contributed by atoms with van der Waals surface area (Å²) in [7, 11) is 0. The number of carboxylic acid groups (broad SMARTS) is 1. The molecular weight excluding hydrogens is 239 g/mol. The number of rotatable bonds is 2. The average molecular weight is 252 g/mol. The molecule has 2 amide bonds. The summed E-state index contributed by atoms with van der Waals surface area (Å²) in [6.07, 6.45) is 0.381. The predicted molar refractivity (Wildman–Crippen MR) is 61.0 cm³/mol. The van der Waals surface area contributed by atoms with Gasteiger partial charge in [-0.2, -0.15) is 0 Å². The maximum Gasteiger partial charge on any atom is 0.423 e. The molecule has 1 heterocycles. The highest BCUT2D eigenvalue weighted by molar-refractivity contribution is 5.80. The van der Waals surface area contributed by atoms with E-state index in [1.165, 1.54) is 12.1 Å². The van der Waals surface area contributed by atoms with Gasteiger partial charge in [0.15, 0.2) is 0 Å². The topological polar surface area (TPSA) is 69.6 Å². The van der Waals surface area contributed by atoms with Gasteiger partial charge in [-0.05, 0) is 30.5 Å². The van der Waals surface area contributed by atoms with Crippen molar-refractivity contribution in [1.82, 2.24) is 10.4 Å². The van der Waals surface area contributed by atoms with Crippen molar-refractivity contribution in [3.63, 3.8) is 0 Å². The maximum atomic E-state index is 12.8. The van der Waals surface area contributed by atoms with Gasteiger partial charge in [-0.1, -0.05) is 12.1 Å². The van der Waals surface area contributed by atoms with Crippen LogP contribution in [0.15, 0.2) is 24.3 Å². The SMILES string of the molecule is O=C(O)NN1C(=O)CCCC1c1ccc(F)cc1. The van der Waals surface area contributed by atoms with Crippen molar-refractivity contribution in [2.24, 2.45) is 0 Å². The van der Waals surface area contributed by atoms with Gasteiger partial charge in [0.05, 0.1) is 6.04 Å². The Hall–Kier alpha value is -2.11. The van der Waals surface area contributed by atoms with E-state index in [4.69, 9.17) is 5.11 Å². The zero-order chi connectivity index (χ0) is 13.1. The largest absolute Gasteiger partial charge is 0.464 e. The van der Waals surface area contributed by atoms with Crippen LogP contribution in [0.3, 0.4) is 0 Å². The molecule has 0 spiro atoms. The van der Waals surface area contributed by atoms with Crippen LogP contribution in [0.25, 0.3) is 0 Å². The molecule has 5 nitrogen and oxygen atoms in total. The second-order valence-electron chi connectivity index (χ2n) is 4.14. The van der Waals surface area contributed by atoms with Crippen LogP contribution in [-0.4, -0.2) is 22.1 Å². The Morgan fingerprint density at radius 2 is 2.06 bits per heavy atom. The zero-order valence-electron chi connectivity index (χ0n) is 9.60. The number of halogens is 1. The van der Waals surface area contributed by atoms with Crippen LogP contribution in [0, 0.1) is 5.82 Å². The molecule has 0 aromatic heterocycles. The first-order valence-corrected chi connectivity index (χ1v) is 5.65. The minimum atomic E-state index is -1.28. The van der Waals surface area contributed by atoms with Gasteiger partial charge in [-0.25, -0.2) is 19.6 Å². The van der Waals surface area contributed by atoms with E-state index in [-0.39, 0.29) is 17.8 Å². The van der Waals surface area contributed by atoms with Crippen molar-refractivity contribution in [2.75, 3.05) is 0 Å². The van der Waals surface area contributed by atoms with Gasteiger partial charge >= 0.3 is 6.09 Å². The van der Waals surface area contributed by atoms with Crippen LogP contribution in [0.4, 0.5) is 9.18 Å². The van der Waals surface area contributed by atoms with Gasteiger partial charge in [-0.15, -0.1) is 0 Å². The number of carbonyl (C=O) groups is 2. The third-order valence-electron chi connectivity index (χ3n) is 2.92. The van der Waals surface area contributed by atoms with E-state index in [0.717, 1.165) is 10.6 Å². The van der Waals surface area contributed by atoms with E-state index >= 15 is 0 Å². The fourth-order valence-electron chi connectivity index (χ4n) is 2.11. The number of hydrazine groups is 1. The van der Waals surface area contributed by atoms with Crippen molar-refractivity contribution in [1.29, 1.82) is 0 Å². The quantitative estimate of drug-likeness (QED) is 0.846. The molecule has 6 heteroatoms. The van der Waals surface area contributed by atoms with Gasteiger partial charge in [0.25, 0.3) is 0 Å². The Kier molecular flexibility index (Phi) is 3.45. The molecule has 2 rings (SSSR count). The smallest absolute Gasteiger partial charge is 0.423 e. The van der Waals surface area contributed by atoms with E-state index in [0.29, 0.717) is 19.3 Å². The number of carbonyl (C=O) groups excluding carboxylic acids is 1. The van der Waals surface area contributed by atoms with Crippen molar-refractivity contribution in [3.05, 3.63) is 35.6 Å². The monoisotopic (exact) mass is 252 g/mol. The number of piperidine rings is 1. The number of benzene rings is 1. The normalized spacial score (nSPS) is 19.7. The molecule has 1 unspecified atom stereocenters. The minimum Gasteiger partial charge on any atom is -0.464 e. The maximum absolute atomic E-state index is 12.8. The molecule has 1 aliphatic rings. The highest BCUT2D eigenvalue weighted by atomic mass is 19.1. The Balaban J connectivity index is 2.24. The third kappa shape index (κ3) is 2.58. The molecule has 1 aromatic carbocycles. The summed E-state index contributed by atoms with van der Waals surface area (Å²) in [5, 5.41) is 9.84. The fraction of sp³-hybridized carbons (Fsp3) is 0.333. The van der Waals surface area contributed by atoms with Crippen LogP contribution < -0.4 is 5.43 Å². The first-order valence-electron chi connectivity index (χ1n) is 5.65. The molecule has 96 valence electrons. The molecule has 1 saturated heterocycles. The Morgan fingerprint density at radius 3 is 2.67 bits per heavy atom. The molecule has 0 radical (unpaired) electrons. The molecule has 2 N–H and O–H groups in total. The molecule has 1 aliphatic heterocycles. The van der Waals surface area contributed by atoms with E-state index in [1.807, 2.05) is 0 Å². The molecule has 1 aromatic rings. The molecule has 0 aliphatic carbocycles. The van der Waals surface area contributed by atoms with Gasteiger partial charge in [0.1, 0.15) is 5.82 Å². The van der Waals surface area contributed by atoms with Crippen LogP contribution in [-0.2, 0) is 4.79 Å². The van der Waals surface area contributed by atoms with Crippen molar-refractivity contribution < 1.29 is 19.1 Å².